The Morgan fingerprint density at radius 3 is 1.81 bits per heavy atom. The van der Waals surface area contributed by atoms with E-state index in [0.29, 0.717) is 0 Å². The van der Waals surface area contributed by atoms with E-state index in [-0.39, 0.29) is 0 Å². The molecule has 0 aliphatic carbocycles. The molecule has 0 aliphatic rings. The van der Waals surface area contributed by atoms with Crippen molar-refractivity contribution in [3.05, 3.63) is 152 Å². The van der Waals surface area contributed by atoms with Gasteiger partial charge in [0.1, 0.15) is 5.65 Å². The van der Waals surface area contributed by atoms with Crippen molar-refractivity contribution >= 4 is 49.1 Å². The van der Waals surface area contributed by atoms with E-state index in [1.807, 2.05) is 12.1 Å². The number of nitrogens with zero attached hydrogens (tertiary/aromatic N) is 3. The second kappa shape index (κ2) is 9.37. The van der Waals surface area contributed by atoms with Gasteiger partial charge in [0.15, 0.2) is 0 Å². The number of fused-ring (bicyclic) bond motifs is 10. The summed E-state index contributed by atoms with van der Waals surface area (Å²) in [4.78, 5) is 10.3. The Morgan fingerprint density at radius 2 is 1.05 bits per heavy atom. The van der Waals surface area contributed by atoms with Crippen molar-refractivity contribution in [3.8, 4) is 33.6 Å². The van der Waals surface area contributed by atoms with Crippen LogP contribution in [0.5, 0.6) is 0 Å². The lowest BCUT2D eigenvalue weighted by Gasteiger charge is -2.14. The van der Waals surface area contributed by atoms with Crippen molar-refractivity contribution in [1.29, 1.82) is 0 Å². The second-order valence-corrected chi connectivity index (χ2v) is 11.1. The highest BCUT2D eigenvalue weighted by Crippen LogP contribution is 2.39. The summed E-state index contributed by atoms with van der Waals surface area (Å²) in [5, 5.41) is 6.06. The fourth-order valence-corrected chi connectivity index (χ4v) is 6.51. The molecule has 200 valence electrons. The van der Waals surface area contributed by atoms with Crippen LogP contribution in [0.15, 0.2) is 152 Å². The Bertz CT molecular complexity index is 2440. The molecule has 0 N–H and O–H groups in total. The fraction of sp³-hybridized carbons (Fsp3) is 0. The molecule has 3 heteroatoms. The molecule has 0 atom stereocenters. The zero-order valence-corrected chi connectivity index (χ0v) is 23.3. The molecule has 3 aromatic heterocycles. The molecular formula is C40H25N3. The van der Waals surface area contributed by atoms with Gasteiger partial charge in [-0.1, -0.05) is 121 Å². The van der Waals surface area contributed by atoms with Crippen LogP contribution in [0.25, 0.3) is 82.8 Å². The van der Waals surface area contributed by atoms with Crippen LogP contribution < -0.4 is 0 Å². The fourth-order valence-electron chi connectivity index (χ4n) is 6.51. The number of rotatable bonds is 3. The topological polar surface area (TPSA) is 30.2 Å². The Balaban J connectivity index is 1.38. The largest absolute Gasteiger partial charge is 0.292 e. The highest BCUT2D eigenvalue weighted by atomic mass is 15.0. The number of hydrogen-bond acceptors (Lipinski definition) is 2. The number of aromatic nitrogens is 3. The number of benzene rings is 6. The van der Waals surface area contributed by atoms with Gasteiger partial charge in [-0.25, -0.2) is 9.97 Å². The number of hydrogen-bond donors (Lipinski definition) is 0. The summed E-state index contributed by atoms with van der Waals surface area (Å²) >= 11 is 0. The molecule has 3 heterocycles. The van der Waals surface area contributed by atoms with Crippen molar-refractivity contribution in [2.24, 2.45) is 0 Å². The first-order chi connectivity index (χ1) is 21.3. The molecular weight excluding hydrogens is 522 g/mol. The van der Waals surface area contributed by atoms with Gasteiger partial charge in [0.2, 0.25) is 0 Å². The van der Waals surface area contributed by atoms with Gasteiger partial charge < -0.3 is 0 Å². The van der Waals surface area contributed by atoms with E-state index in [4.69, 9.17) is 9.97 Å². The number of imidazole rings is 1. The van der Waals surface area contributed by atoms with Gasteiger partial charge in [-0.15, -0.1) is 0 Å². The maximum absolute atomic E-state index is 5.21. The summed E-state index contributed by atoms with van der Waals surface area (Å²) < 4.78 is 2.35. The Hall–Kier alpha value is -5.80. The molecule has 3 nitrogen and oxygen atoms in total. The molecule has 0 amide bonds. The first kappa shape index (κ1) is 23.9. The lowest BCUT2D eigenvalue weighted by molar-refractivity contribution is 1.31. The summed E-state index contributed by atoms with van der Waals surface area (Å²) in [7, 11) is 0. The Kier molecular flexibility index (Phi) is 5.20. The highest BCUT2D eigenvalue weighted by molar-refractivity contribution is 6.23. The van der Waals surface area contributed by atoms with Crippen LogP contribution in [0.1, 0.15) is 0 Å². The van der Waals surface area contributed by atoms with E-state index < -0.39 is 0 Å². The molecule has 0 saturated heterocycles. The minimum Gasteiger partial charge on any atom is -0.292 e. The zero-order chi connectivity index (χ0) is 28.3. The third-order valence-corrected chi connectivity index (χ3v) is 8.54. The molecule has 0 saturated carbocycles. The molecule has 9 rings (SSSR count). The summed E-state index contributed by atoms with van der Waals surface area (Å²) in [6.07, 6.45) is 0. The van der Waals surface area contributed by atoms with Crippen molar-refractivity contribution in [2.45, 2.75) is 0 Å². The maximum atomic E-state index is 5.21. The molecule has 0 fully saturated rings. The Morgan fingerprint density at radius 1 is 0.395 bits per heavy atom. The molecule has 0 spiro atoms. The first-order valence-corrected chi connectivity index (χ1v) is 14.6. The SMILES string of the molecule is c1ccc(-c2cc(-c3ccc4c5ccc6ccccc6c5c5nc6ccccc6n5c4c3)cc(-c3ccccc3)n2)cc1. The van der Waals surface area contributed by atoms with Gasteiger partial charge in [-0.2, -0.15) is 0 Å². The smallest absolute Gasteiger partial charge is 0.147 e. The maximum Gasteiger partial charge on any atom is 0.147 e. The molecule has 0 unspecified atom stereocenters. The standard InChI is InChI=1S/C40H25N3/c1-3-12-27(13-4-1)35-23-30(24-36(41-35)28-14-5-2-6-15-28)29-20-21-32-33-22-19-26-11-7-8-16-31(26)39(33)40-42-34-17-9-10-18-37(34)43(40)38(32)25-29/h1-25H. The van der Waals surface area contributed by atoms with Crippen molar-refractivity contribution in [1.82, 2.24) is 14.4 Å². The minimum absolute atomic E-state index is 0.959. The third kappa shape index (κ3) is 3.75. The molecule has 6 aromatic carbocycles. The second-order valence-electron chi connectivity index (χ2n) is 11.1. The van der Waals surface area contributed by atoms with E-state index in [1.165, 1.54) is 26.9 Å². The van der Waals surface area contributed by atoms with E-state index in [1.54, 1.807) is 0 Å². The van der Waals surface area contributed by atoms with Crippen LogP contribution in [0.2, 0.25) is 0 Å². The van der Waals surface area contributed by atoms with Crippen LogP contribution in [0.3, 0.4) is 0 Å². The van der Waals surface area contributed by atoms with Gasteiger partial charge in [0, 0.05) is 21.9 Å². The lowest BCUT2D eigenvalue weighted by atomic mass is 9.96. The summed E-state index contributed by atoms with van der Waals surface area (Å²) in [5.41, 5.74) is 10.6. The van der Waals surface area contributed by atoms with Gasteiger partial charge in [-0.05, 0) is 57.6 Å². The highest BCUT2D eigenvalue weighted by Gasteiger charge is 2.17. The minimum atomic E-state index is 0.959. The normalized spacial score (nSPS) is 11.7. The zero-order valence-electron chi connectivity index (χ0n) is 23.3. The predicted octanol–water partition coefficient (Wildman–Crippen LogP) is 10.3. The van der Waals surface area contributed by atoms with Crippen LogP contribution >= 0.6 is 0 Å². The number of para-hydroxylation sites is 2. The van der Waals surface area contributed by atoms with Crippen molar-refractivity contribution < 1.29 is 0 Å². The molecule has 0 radical (unpaired) electrons. The lowest BCUT2D eigenvalue weighted by Crippen LogP contribution is -1.94. The van der Waals surface area contributed by atoms with Gasteiger partial charge in [0.25, 0.3) is 0 Å². The van der Waals surface area contributed by atoms with Crippen molar-refractivity contribution in [3.63, 3.8) is 0 Å². The quantitative estimate of drug-likeness (QED) is 0.206. The number of pyridine rings is 2. The van der Waals surface area contributed by atoms with Crippen molar-refractivity contribution in [2.75, 3.05) is 0 Å². The van der Waals surface area contributed by atoms with Crippen LogP contribution in [0.4, 0.5) is 0 Å². The van der Waals surface area contributed by atoms with E-state index >= 15 is 0 Å². The van der Waals surface area contributed by atoms with Gasteiger partial charge in [0.05, 0.1) is 27.9 Å². The van der Waals surface area contributed by atoms with Crippen LogP contribution in [-0.2, 0) is 0 Å². The predicted molar refractivity (Wildman–Crippen MR) is 179 cm³/mol. The monoisotopic (exact) mass is 547 g/mol. The summed E-state index contributed by atoms with van der Waals surface area (Å²) in [5.74, 6) is 0. The van der Waals surface area contributed by atoms with E-state index in [2.05, 4.69) is 144 Å². The summed E-state index contributed by atoms with van der Waals surface area (Å²) in [6.45, 7) is 0. The van der Waals surface area contributed by atoms with Gasteiger partial charge >= 0.3 is 0 Å². The first-order valence-electron chi connectivity index (χ1n) is 14.6. The van der Waals surface area contributed by atoms with Crippen LogP contribution in [-0.4, -0.2) is 14.4 Å². The molecule has 0 aliphatic heterocycles. The molecule has 43 heavy (non-hydrogen) atoms. The van der Waals surface area contributed by atoms with Crippen LogP contribution in [0, 0.1) is 0 Å². The third-order valence-electron chi connectivity index (χ3n) is 8.54. The molecule has 9 aromatic rings. The van der Waals surface area contributed by atoms with Gasteiger partial charge in [-0.3, -0.25) is 4.40 Å². The Labute approximate surface area is 248 Å². The molecule has 0 bridgehead atoms. The average molecular weight is 548 g/mol. The van der Waals surface area contributed by atoms with E-state index in [0.717, 1.165) is 55.8 Å². The average Bonchev–Trinajstić information content (AvgIpc) is 3.48. The van der Waals surface area contributed by atoms with E-state index in [9.17, 15) is 0 Å². The summed E-state index contributed by atoms with van der Waals surface area (Å²) in [6, 6.07) is 53.7.